The van der Waals surface area contributed by atoms with Crippen molar-refractivity contribution in [3.8, 4) is 0 Å². The van der Waals surface area contributed by atoms with Crippen LogP contribution in [-0.2, 0) is 4.74 Å². The fourth-order valence-electron chi connectivity index (χ4n) is 1.20. The highest BCUT2D eigenvalue weighted by Crippen LogP contribution is 2.24. The molecule has 1 unspecified atom stereocenters. The van der Waals surface area contributed by atoms with Gasteiger partial charge in [-0.3, -0.25) is 0 Å². The summed E-state index contributed by atoms with van der Waals surface area (Å²) in [6.45, 7) is -0.414. The maximum absolute atomic E-state index is 12.6. The van der Waals surface area contributed by atoms with Crippen LogP contribution in [0.5, 0.6) is 0 Å². The smallest absolute Gasteiger partial charge is 0.261 e. The molecule has 0 radical (unpaired) electrons. The van der Waals surface area contributed by atoms with E-state index in [0.717, 1.165) is 5.56 Å². The maximum Gasteiger partial charge on any atom is 0.261 e. The molecular weight excluding hydrogens is 241 g/mol. The third kappa shape index (κ3) is 4.86. The van der Waals surface area contributed by atoms with Crippen molar-refractivity contribution in [3.05, 3.63) is 35.6 Å². The van der Waals surface area contributed by atoms with E-state index < -0.39 is 13.0 Å². The maximum atomic E-state index is 12.6. The summed E-state index contributed by atoms with van der Waals surface area (Å²) in [5.41, 5.74) is 0.753. The summed E-state index contributed by atoms with van der Waals surface area (Å²) in [5.74, 6) is -0.332. The van der Waals surface area contributed by atoms with Crippen LogP contribution in [0.15, 0.2) is 24.3 Å². The normalized spacial score (nSPS) is 13.1. The number of halogens is 4. The quantitative estimate of drug-likeness (QED) is 0.553. The van der Waals surface area contributed by atoms with Crippen molar-refractivity contribution in [2.24, 2.45) is 0 Å². The lowest BCUT2D eigenvalue weighted by molar-refractivity contribution is 0.0165. The fraction of sp³-hybridized carbons (Fsp3) is 0.455. The van der Waals surface area contributed by atoms with E-state index in [4.69, 9.17) is 16.3 Å². The van der Waals surface area contributed by atoms with Gasteiger partial charge in [0.25, 0.3) is 6.43 Å². The molecule has 1 aromatic rings. The second-order valence-corrected chi connectivity index (χ2v) is 3.80. The minimum Gasteiger partial charge on any atom is -0.375 e. The molecule has 0 aliphatic rings. The molecule has 0 bridgehead atoms. The van der Waals surface area contributed by atoms with Gasteiger partial charge in [0.15, 0.2) is 0 Å². The van der Waals surface area contributed by atoms with Crippen LogP contribution in [0.3, 0.4) is 0 Å². The number of hydrogen-bond donors (Lipinski definition) is 0. The number of rotatable bonds is 6. The monoisotopic (exact) mass is 252 g/mol. The van der Waals surface area contributed by atoms with E-state index in [1.165, 1.54) is 12.1 Å². The van der Waals surface area contributed by atoms with Crippen molar-refractivity contribution >= 4 is 11.6 Å². The van der Waals surface area contributed by atoms with Crippen molar-refractivity contribution < 1.29 is 17.9 Å². The molecule has 1 atom stereocenters. The van der Waals surface area contributed by atoms with Gasteiger partial charge >= 0.3 is 0 Å². The van der Waals surface area contributed by atoms with Crippen molar-refractivity contribution in [2.45, 2.75) is 18.2 Å². The van der Waals surface area contributed by atoms with Gasteiger partial charge < -0.3 is 4.74 Å². The van der Waals surface area contributed by atoms with Gasteiger partial charge in [-0.15, -0.1) is 11.6 Å². The number of ether oxygens (including phenoxy) is 1. The number of alkyl halides is 3. The molecule has 0 aliphatic carbocycles. The third-order valence-corrected chi connectivity index (χ3v) is 2.46. The molecular formula is C11H12ClF3O. The Bertz CT molecular complexity index is 303. The molecule has 1 aromatic carbocycles. The second kappa shape index (κ2) is 6.76. The van der Waals surface area contributed by atoms with Crippen LogP contribution < -0.4 is 0 Å². The van der Waals surface area contributed by atoms with Crippen LogP contribution in [0.2, 0.25) is 0 Å². The molecule has 0 heterocycles. The summed E-state index contributed by atoms with van der Waals surface area (Å²) in [6, 6.07) is 5.76. The first-order valence-corrected chi connectivity index (χ1v) is 5.28. The highest BCUT2D eigenvalue weighted by Gasteiger charge is 2.08. The molecule has 0 aliphatic heterocycles. The van der Waals surface area contributed by atoms with Crippen molar-refractivity contribution in [2.75, 3.05) is 13.2 Å². The SMILES string of the molecule is Fc1ccc(C(Cl)CCOCC(F)F)cc1. The Morgan fingerprint density at radius 3 is 2.38 bits per heavy atom. The Morgan fingerprint density at radius 1 is 1.19 bits per heavy atom. The van der Waals surface area contributed by atoms with Crippen LogP contribution in [0, 0.1) is 5.82 Å². The average molecular weight is 253 g/mol. The zero-order valence-electron chi connectivity index (χ0n) is 8.51. The van der Waals surface area contributed by atoms with Crippen LogP contribution in [0.4, 0.5) is 13.2 Å². The van der Waals surface area contributed by atoms with E-state index in [1.807, 2.05) is 0 Å². The first-order valence-electron chi connectivity index (χ1n) is 4.85. The largest absolute Gasteiger partial charge is 0.375 e. The van der Waals surface area contributed by atoms with Crippen molar-refractivity contribution in [3.63, 3.8) is 0 Å². The predicted octanol–water partition coefficient (Wildman–Crippen LogP) is 3.78. The summed E-state index contributed by atoms with van der Waals surface area (Å²) in [5, 5.41) is -0.349. The fourth-order valence-corrected chi connectivity index (χ4v) is 1.43. The van der Waals surface area contributed by atoms with E-state index in [0.29, 0.717) is 6.42 Å². The van der Waals surface area contributed by atoms with E-state index >= 15 is 0 Å². The Labute approximate surface area is 97.2 Å². The molecule has 5 heteroatoms. The lowest BCUT2D eigenvalue weighted by atomic mass is 10.1. The molecule has 1 rings (SSSR count). The minimum absolute atomic E-state index is 0.163. The molecule has 90 valence electrons. The van der Waals surface area contributed by atoms with E-state index in [9.17, 15) is 13.2 Å². The third-order valence-electron chi connectivity index (χ3n) is 1.99. The average Bonchev–Trinajstić information content (AvgIpc) is 2.25. The molecule has 1 nitrogen and oxygen atoms in total. The molecule has 0 saturated heterocycles. The summed E-state index contributed by atoms with van der Waals surface area (Å²) in [7, 11) is 0. The topological polar surface area (TPSA) is 9.23 Å². The summed E-state index contributed by atoms with van der Waals surface area (Å²) >= 11 is 5.98. The van der Waals surface area contributed by atoms with Crippen LogP contribution >= 0.6 is 11.6 Å². The summed E-state index contributed by atoms with van der Waals surface area (Å²) in [4.78, 5) is 0. The van der Waals surface area contributed by atoms with Gasteiger partial charge in [-0.25, -0.2) is 13.2 Å². The van der Waals surface area contributed by atoms with E-state index in [-0.39, 0.29) is 17.8 Å². The zero-order chi connectivity index (χ0) is 12.0. The summed E-state index contributed by atoms with van der Waals surface area (Å²) in [6.07, 6.45) is -2.04. The first-order chi connectivity index (χ1) is 7.59. The summed E-state index contributed by atoms with van der Waals surface area (Å²) < 4.78 is 40.8. The van der Waals surface area contributed by atoms with Crippen molar-refractivity contribution in [1.82, 2.24) is 0 Å². The standard InChI is InChI=1S/C11H12ClF3O/c12-10(5-6-16-7-11(14)15)8-1-3-9(13)4-2-8/h1-4,10-11H,5-7H2. The van der Waals surface area contributed by atoms with Crippen LogP contribution in [-0.4, -0.2) is 19.6 Å². The highest BCUT2D eigenvalue weighted by atomic mass is 35.5. The Kier molecular flexibility index (Phi) is 5.63. The predicted molar refractivity (Wildman–Crippen MR) is 56.4 cm³/mol. The number of benzene rings is 1. The van der Waals surface area contributed by atoms with Gasteiger partial charge in [-0.2, -0.15) is 0 Å². The lowest BCUT2D eigenvalue weighted by Crippen LogP contribution is -2.06. The molecule has 16 heavy (non-hydrogen) atoms. The lowest BCUT2D eigenvalue weighted by Gasteiger charge is -2.10. The molecule has 0 amide bonds. The van der Waals surface area contributed by atoms with Crippen molar-refractivity contribution in [1.29, 1.82) is 0 Å². The van der Waals surface area contributed by atoms with Gasteiger partial charge in [0.1, 0.15) is 12.4 Å². The minimum atomic E-state index is -2.46. The Balaban J connectivity index is 2.29. The molecule has 0 saturated carbocycles. The molecule has 0 fully saturated rings. The van der Waals surface area contributed by atoms with Gasteiger partial charge in [0.2, 0.25) is 0 Å². The Hall–Kier alpha value is -0.740. The van der Waals surface area contributed by atoms with Crippen LogP contribution in [0.25, 0.3) is 0 Å². The van der Waals surface area contributed by atoms with Gasteiger partial charge in [0.05, 0.1) is 5.38 Å². The Morgan fingerprint density at radius 2 is 1.81 bits per heavy atom. The molecule has 0 spiro atoms. The van der Waals surface area contributed by atoms with Crippen LogP contribution in [0.1, 0.15) is 17.4 Å². The van der Waals surface area contributed by atoms with Gasteiger partial charge in [-0.1, -0.05) is 12.1 Å². The number of hydrogen-bond acceptors (Lipinski definition) is 1. The van der Waals surface area contributed by atoms with E-state index in [1.54, 1.807) is 12.1 Å². The molecule has 0 aromatic heterocycles. The van der Waals surface area contributed by atoms with Gasteiger partial charge in [0, 0.05) is 6.61 Å². The van der Waals surface area contributed by atoms with E-state index in [2.05, 4.69) is 0 Å². The first kappa shape index (κ1) is 13.3. The molecule has 0 N–H and O–H groups in total. The second-order valence-electron chi connectivity index (χ2n) is 3.27. The van der Waals surface area contributed by atoms with Gasteiger partial charge in [-0.05, 0) is 24.1 Å². The zero-order valence-corrected chi connectivity index (χ0v) is 9.26. The highest BCUT2D eigenvalue weighted by molar-refractivity contribution is 6.20.